The molecular formula is C17H22O2. The first-order valence-corrected chi connectivity index (χ1v) is 7.68. The quantitative estimate of drug-likeness (QED) is 0.902. The molecule has 4 atom stereocenters. The van der Waals surface area contributed by atoms with E-state index in [-0.39, 0.29) is 12.2 Å². The third-order valence-electron chi connectivity index (χ3n) is 5.37. The fourth-order valence-corrected chi connectivity index (χ4v) is 4.16. The maximum atomic E-state index is 10.5. The predicted molar refractivity (Wildman–Crippen MR) is 73.8 cm³/mol. The fourth-order valence-electron chi connectivity index (χ4n) is 4.16. The second kappa shape index (κ2) is 4.60. The Balaban J connectivity index is 1.45. The van der Waals surface area contributed by atoms with Gasteiger partial charge in [0.15, 0.2) is 0 Å². The Morgan fingerprint density at radius 3 is 2.79 bits per heavy atom. The van der Waals surface area contributed by atoms with Crippen molar-refractivity contribution >= 4 is 0 Å². The summed E-state index contributed by atoms with van der Waals surface area (Å²) in [6, 6.07) is 8.54. The molecule has 2 fully saturated rings. The third kappa shape index (κ3) is 2.21. The Hall–Kier alpha value is -0.860. The van der Waals surface area contributed by atoms with Crippen molar-refractivity contribution < 1.29 is 9.84 Å². The van der Waals surface area contributed by atoms with Crippen LogP contribution in [0.1, 0.15) is 42.9 Å². The Morgan fingerprint density at radius 1 is 1.16 bits per heavy atom. The van der Waals surface area contributed by atoms with E-state index in [4.69, 9.17) is 4.74 Å². The lowest BCUT2D eigenvalue weighted by Crippen LogP contribution is -2.26. The van der Waals surface area contributed by atoms with Crippen LogP contribution >= 0.6 is 0 Å². The number of benzene rings is 1. The van der Waals surface area contributed by atoms with Crippen LogP contribution in [0.25, 0.3) is 0 Å². The fraction of sp³-hybridized carbons (Fsp3) is 0.647. The van der Waals surface area contributed by atoms with Crippen LogP contribution in [0.3, 0.4) is 0 Å². The van der Waals surface area contributed by atoms with Gasteiger partial charge in [-0.25, -0.2) is 0 Å². The van der Waals surface area contributed by atoms with Gasteiger partial charge in [-0.3, -0.25) is 0 Å². The molecule has 4 rings (SSSR count). The Labute approximate surface area is 114 Å². The average molecular weight is 258 g/mol. The second-order valence-corrected chi connectivity index (χ2v) is 6.60. The highest BCUT2D eigenvalue weighted by molar-refractivity contribution is 5.31. The monoisotopic (exact) mass is 258 g/mol. The van der Waals surface area contributed by atoms with Crippen LogP contribution in [0.4, 0.5) is 0 Å². The molecule has 102 valence electrons. The van der Waals surface area contributed by atoms with Crippen molar-refractivity contribution in [3.05, 3.63) is 35.4 Å². The van der Waals surface area contributed by atoms with Crippen molar-refractivity contribution in [1.82, 2.24) is 0 Å². The lowest BCUT2D eigenvalue weighted by molar-refractivity contribution is -0.0124. The molecule has 0 spiro atoms. The van der Waals surface area contributed by atoms with Gasteiger partial charge in [0.1, 0.15) is 0 Å². The summed E-state index contributed by atoms with van der Waals surface area (Å²) in [5.74, 6) is 2.42. The van der Waals surface area contributed by atoms with Gasteiger partial charge in [-0.05, 0) is 54.6 Å². The van der Waals surface area contributed by atoms with Crippen LogP contribution < -0.4 is 0 Å². The molecule has 2 nitrogen and oxygen atoms in total. The molecular weight excluding hydrogens is 236 g/mol. The number of aliphatic hydroxyl groups excluding tert-OH is 1. The summed E-state index contributed by atoms with van der Waals surface area (Å²) in [6.07, 6.45) is 5.64. The number of hydrogen-bond donors (Lipinski definition) is 1. The van der Waals surface area contributed by atoms with Crippen molar-refractivity contribution in [2.75, 3.05) is 6.61 Å². The first kappa shape index (κ1) is 11.9. The van der Waals surface area contributed by atoms with E-state index in [9.17, 15) is 5.11 Å². The molecule has 1 aliphatic heterocycles. The topological polar surface area (TPSA) is 29.5 Å². The molecule has 4 unspecified atom stereocenters. The lowest BCUT2D eigenvalue weighted by atomic mass is 9.88. The molecule has 3 aliphatic rings. The van der Waals surface area contributed by atoms with Crippen molar-refractivity contribution in [3.63, 3.8) is 0 Å². The molecule has 19 heavy (non-hydrogen) atoms. The summed E-state index contributed by atoms with van der Waals surface area (Å²) in [5.41, 5.74) is 2.70. The number of rotatable bonds is 3. The van der Waals surface area contributed by atoms with Crippen LogP contribution in [0.2, 0.25) is 0 Å². The molecule has 0 saturated heterocycles. The molecule has 1 aromatic rings. The zero-order valence-corrected chi connectivity index (χ0v) is 11.3. The number of ether oxygens (including phenoxy) is 1. The highest BCUT2D eigenvalue weighted by Crippen LogP contribution is 2.55. The molecule has 2 aliphatic carbocycles. The van der Waals surface area contributed by atoms with Crippen molar-refractivity contribution in [2.24, 2.45) is 17.8 Å². The van der Waals surface area contributed by atoms with Crippen LogP contribution in [0, 0.1) is 17.8 Å². The zero-order valence-electron chi connectivity index (χ0n) is 11.3. The van der Waals surface area contributed by atoms with Crippen molar-refractivity contribution in [1.29, 1.82) is 0 Å². The molecule has 0 aromatic heterocycles. The molecule has 0 radical (unpaired) electrons. The van der Waals surface area contributed by atoms with E-state index in [2.05, 4.69) is 24.3 Å². The minimum Gasteiger partial charge on any atom is -0.393 e. The molecule has 1 aromatic carbocycles. The van der Waals surface area contributed by atoms with Crippen molar-refractivity contribution in [2.45, 2.75) is 44.3 Å². The van der Waals surface area contributed by atoms with E-state index in [1.54, 1.807) is 0 Å². The molecule has 2 heteroatoms. The normalized spacial score (nSPS) is 37.5. The van der Waals surface area contributed by atoms with Crippen molar-refractivity contribution in [3.8, 4) is 0 Å². The summed E-state index contributed by atoms with van der Waals surface area (Å²) >= 11 is 0. The minimum atomic E-state index is -0.177. The van der Waals surface area contributed by atoms with E-state index < -0.39 is 0 Å². The van der Waals surface area contributed by atoms with E-state index in [0.717, 1.165) is 31.3 Å². The Bertz CT molecular complexity index is 460. The molecule has 1 N–H and O–H groups in total. The first-order chi connectivity index (χ1) is 9.31. The standard InChI is InChI=1S/C17H22O2/c18-16(14-8-12-7-13(12)9-14)10-17-15-4-2-1-3-11(15)5-6-19-17/h1-4,12-14,16-18H,5-10H2. The first-order valence-electron chi connectivity index (χ1n) is 7.68. The highest BCUT2D eigenvalue weighted by Gasteiger charge is 2.47. The summed E-state index contributed by atoms with van der Waals surface area (Å²) in [4.78, 5) is 0. The van der Waals surface area contributed by atoms with Gasteiger partial charge in [0, 0.05) is 6.42 Å². The van der Waals surface area contributed by atoms with Crippen LogP contribution in [0.5, 0.6) is 0 Å². The average Bonchev–Trinajstić information content (AvgIpc) is 3.05. The van der Waals surface area contributed by atoms with Gasteiger partial charge in [0.25, 0.3) is 0 Å². The third-order valence-corrected chi connectivity index (χ3v) is 5.37. The summed E-state index contributed by atoms with van der Waals surface area (Å²) in [5, 5.41) is 10.5. The minimum absolute atomic E-state index is 0.108. The largest absolute Gasteiger partial charge is 0.393 e. The summed E-state index contributed by atoms with van der Waals surface area (Å²) < 4.78 is 5.91. The molecule has 1 heterocycles. The maximum absolute atomic E-state index is 10.5. The van der Waals surface area contributed by atoms with Gasteiger partial charge in [-0.2, -0.15) is 0 Å². The van der Waals surface area contributed by atoms with E-state index >= 15 is 0 Å². The van der Waals surface area contributed by atoms with Gasteiger partial charge in [-0.15, -0.1) is 0 Å². The molecule has 0 amide bonds. The van der Waals surface area contributed by atoms with Gasteiger partial charge in [0.05, 0.1) is 18.8 Å². The van der Waals surface area contributed by atoms with E-state index in [1.165, 1.54) is 30.4 Å². The van der Waals surface area contributed by atoms with Crippen LogP contribution in [-0.2, 0) is 11.2 Å². The highest BCUT2D eigenvalue weighted by atomic mass is 16.5. The Morgan fingerprint density at radius 2 is 1.95 bits per heavy atom. The maximum Gasteiger partial charge on any atom is 0.0852 e. The van der Waals surface area contributed by atoms with E-state index in [1.807, 2.05) is 0 Å². The van der Waals surface area contributed by atoms with Gasteiger partial charge in [-0.1, -0.05) is 24.3 Å². The second-order valence-electron chi connectivity index (χ2n) is 6.60. The van der Waals surface area contributed by atoms with Gasteiger partial charge >= 0.3 is 0 Å². The zero-order chi connectivity index (χ0) is 12.8. The van der Waals surface area contributed by atoms with Crippen LogP contribution in [0.15, 0.2) is 24.3 Å². The molecule has 0 bridgehead atoms. The summed E-state index contributed by atoms with van der Waals surface area (Å²) in [6.45, 7) is 0.796. The van der Waals surface area contributed by atoms with Gasteiger partial charge < -0.3 is 9.84 Å². The lowest BCUT2D eigenvalue weighted by Gasteiger charge is -2.29. The predicted octanol–water partition coefficient (Wildman–Crippen LogP) is 3.10. The molecule has 2 saturated carbocycles. The smallest absolute Gasteiger partial charge is 0.0852 e. The Kier molecular flexibility index (Phi) is 2.89. The number of hydrogen-bond acceptors (Lipinski definition) is 2. The number of aliphatic hydroxyl groups is 1. The van der Waals surface area contributed by atoms with Crippen LogP contribution in [-0.4, -0.2) is 17.8 Å². The summed E-state index contributed by atoms with van der Waals surface area (Å²) in [7, 11) is 0. The van der Waals surface area contributed by atoms with E-state index in [0.29, 0.717) is 5.92 Å². The van der Waals surface area contributed by atoms with Gasteiger partial charge in [0.2, 0.25) is 0 Å². The number of fused-ring (bicyclic) bond motifs is 2. The SMILES string of the molecule is OC(CC1OCCc2ccccc21)C1CC2CC2C1.